The highest BCUT2D eigenvalue weighted by Gasteiger charge is 2.33. The summed E-state index contributed by atoms with van der Waals surface area (Å²) < 4.78 is 28.5. The third-order valence-corrected chi connectivity index (χ3v) is 8.91. The Morgan fingerprint density at radius 1 is 1.02 bits per heavy atom. The molecule has 2 N–H and O–H groups in total. The summed E-state index contributed by atoms with van der Waals surface area (Å²) >= 11 is 6.26. The fraction of sp³-hybridized carbons (Fsp3) is 0.536. The Labute approximate surface area is 245 Å². The maximum atomic E-state index is 14.0. The van der Waals surface area contributed by atoms with Crippen molar-refractivity contribution < 1.29 is 13.2 Å². The van der Waals surface area contributed by atoms with Crippen LogP contribution in [0.3, 0.4) is 0 Å². The van der Waals surface area contributed by atoms with Crippen LogP contribution < -0.4 is 19.8 Å². The van der Waals surface area contributed by atoms with Crippen LogP contribution in [0.5, 0.6) is 0 Å². The molecular weight excluding hydrogens is 564 g/mol. The number of hydrogen-bond acceptors (Lipinski definition) is 8. The number of likely N-dealkylation sites (tertiary alicyclic amines) is 1. The van der Waals surface area contributed by atoms with E-state index < -0.39 is 10.0 Å². The van der Waals surface area contributed by atoms with Gasteiger partial charge in [-0.25, -0.2) is 13.4 Å². The van der Waals surface area contributed by atoms with E-state index in [-0.39, 0.29) is 23.2 Å². The van der Waals surface area contributed by atoms with Crippen LogP contribution >= 0.6 is 11.6 Å². The zero-order valence-corrected chi connectivity index (χ0v) is 25.2. The summed E-state index contributed by atoms with van der Waals surface area (Å²) in [6.45, 7) is 8.63. The van der Waals surface area contributed by atoms with Gasteiger partial charge in [-0.05, 0) is 57.7 Å². The largest absolute Gasteiger partial charge is 0.356 e. The van der Waals surface area contributed by atoms with E-state index in [1.807, 2.05) is 10.6 Å². The molecule has 0 aliphatic carbocycles. The standard InChI is InChI=1S/C28H37ClN8O3S/c1-18-16-35(17-19(2)30-18)27-15-25(34-10-6-11-34)31-26-14-23(32-37(26)27)24-7-4-5-12-36(24)28(38)21-13-20(29)8-9-22(21)33-41(3,39)40/h8-9,13-15,18-19,24,30,33H,4-7,10-12,16-17H2,1-3H3. The van der Waals surface area contributed by atoms with Crippen LogP contribution in [0.15, 0.2) is 30.3 Å². The predicted octanol–water partition coefficient (Wildman–Crippen LogP) is 3.52. The number of nitrogens with zero attached hydrogens (tertiary/aromatic N) is 6. The van der Waals surface area contributed by atoms with Crippen molar-refractivity contribution in [1.82, 2.24) is 24.8 Å². The van der Waals surface area contributed by atoms with Gasteiger partial charge in [0.05, 0.1) is 29.2 Å². The van der Waals surface area contributed by atoms with Gasteiger partial charge < -0.3 is 20.0 Å². The predicted molar refractivity (Wildman–Crippen MR) is 162 cm³/mol. The van der Waals surface area contributed by atoms with E-state index in [0.717, 1.165) is 81.1 Å². The van der Waals surface area contributed by atoms with Crippen LogP contribution in [0.4, 0.5) is 17.3 Å². The molecule has 41 heavy (non-hydrogen) atoms. The summed E-state index contributed by atoms with van der Waals surface area (Å²) in [6, 6.07) is 9.18. The molecule has 3 aromatic rings. The summed E-state index contributed by atoms with van der Waals surface area (Å²) in [6.07, 6.45) is 4.78. The van der Waals surface area contributed by atoms with Gasteiger partial charge >= 0.3 is 0 Å². The number of anilines is 3. The van der Waals surface area contributed by atoms with E-state index in [1.165, 1.54) is 12.1 Å². The average Bonchev–Trinajstić information content (AvgIpc) is 3.30. The Balaban J connectivity index is 1.39. The number of rotatable bonds is 6. The molecule has 2 aromatic heterocycles. The molecule has 3 fully saturated rings. The van der Waals surface area contributed by atoms with E-state index in [4.69, 9.17) is 21.7 Å². The number of halogens is 1. The second kappa shape index (κ2) is 11.0. The van der Waals surface area contributed by atoms with Crippen LogP contribution in [0, 0.1) is 0 Å². The van der Waals surface area contributed by atoms with Gasteiger partial charge in [0.2, 0.25) is 10.0 Å². The molecule has 3 aliphatic rings. The van der Waals surface area contributed by atoms with Crippen LogP contribution in [-0.4, -0.2) is 84.9 Å². The highest BCUT2D eigenvalue weighted by atomic mass is 35.5. The van der Waals surface area contributed by atoms with Crippen molar-refractivity contribution in [2.75, 3.05) is 53.5 Å². The second-order valence-corrected chi connectivity index (χ2v) is 13.8. The highest BCUT2D eigenvalue weighted by molar-refractivity contribution is 7.92. The lowest BCUT2D eigenvalue weighted by molar-refractivity contribution is 0.0607. The molecule has 3 aliphatic heterocycles. The molecule has 3 saturated heterocycles. The van der Waals surface area contributed by atoms with Gasteiger partial charge in [-0.15, -0.1) is 0 Å². The molecule has 13 heteroatoms. The third-order valence-electron chi connectivity index (χ3n) is 8.09. The molecule has 11 nitrogen and oxygen atoms in total. The minimum Gasteiger partial charge on any atom is -0.356 e. The minimum absolute atomic E-state index is 0.214. The Morgan fingerprint density at radius 3 is 2.46 bits per heavy atom. The number of aromatic nitrogens is 3. The fourth-order valence-electron chi connectivity index (χ4n) is 6.19. The van der Waals surface area contributed by atoms with Crippen molar-refractivity contribution in [1.29, 1.82) is 0 Å². The highest BCUT2D eigenvalue weighted by Crippen LogP contribution is 2.35. The number of nitrogens with one attached hydrogen (secondary N) is 2. The minimum atomic E-state index is -3.59. The van der Waals surface area contributed by atoms with Crippen LogP contribution in [0.25, 0.3) is 5.65 Å². The van der Waals surface area contributed by atoms with Crippen LogP contribution in [0.1, 0.15) is 61.6 Å². The topological polar surface area (TPSA) is 115 Å². The Kier molecular flexibility index (Phi) is 7.50. The summed E-state index contributed by atoms with van der Waals surface area (Å²) in [5.41, 5.74) is 1.98. The molecule has 0 saturated carbocycles. The van der Waals surface area contributed by atoms with Gasteiger partial charge in [0.25, 0.3) is 5.91 Å². The molecule has 1 amide bonds. The monoisotopic (exact) mass is 600 g/mol. The van der Waals surface area contributed by atoms with Crippen molar-refractivity contribution in [2.24, 2.45) is 0 Å². The van der Waals surface area contributed by atoms with Gasteiger partial charge in [-0.3, -0.25) is 9.52 Å². The molecular formula is C28H37ClN8O3S. The SMILES string of the molecule is CC1CN(c2cc(N3CCC3)nc3cc(C4CCCCN4C(=O)c4cc(Cl)ccc4NS(C)(=O)=O)nn23)CC(C)N1. The maximum absolute atomic E-state index is 14.0. The van der Waals surface area contributed by atoms with E-state index in [2.05, 4.69) is 39.8 Å². The van der Waals surface area contributed by atoms with Crippen LogP contribution in [-0.2, 0) is 10.0 Å². The van der Waals surface area contributed by atoms with E-state index in [1.54, 1.807) is 11.0 Å². The Hall–Kier alpha value is -3.09. The molecule has 1 aromatic carbocycles. The van der Waals surface area contributed by atoms with Crippen molar-refractivity contribution in [2.45, 2.75) is 57.7 Å². The molecule has 3 unspecified atom stereocenters. The normalized spacial score (nSPS) is 23.5. The number of amides is 1. The van der Waals surface area contributed by atoms with Gasteiger partial charge in [0.15, 0.2) is 5.65 Å². The third kappa shape index (κ3) is 5.82. The van der Waals surface area contributed by atoms with Crippen LogP contribution in [0.2, 0.25) is 5.02 Å². The molecule has 0 bridgehead atoms. The summed E-state index contributed by atoms with van der Waals surface area (Å²) in [5.74, 6) is 1.68. The lowest BCUT2D eigenvalue weighted by atomic mass is 9.98. The zero-order valence-electron chi connectivity index (χ0n) is 23.7. The Morgan fingerprint density at radius 2 is 1.78 bits per heavy atom. The summed E-state index contributed by atoms with van der Waals surface area (Å²) in [5, 5.41) is 9.04. The first-order valence-electron chi connectivity index (χ1n) is 14.3. The molecule has 5 heterocycles. The van der Waals surface area contributed by atoms with Gasteiger partial charge in [-0.1, -0.05) is 11.6 Å². The lowest BCUT2D eigenvalue weighted by Gasteiger charge is -2.38. The second-order valence-electron chi connectivity index (χ2n) is 11.6. The molecule has 0 spiro atoms. The molecule has 3 atom stereocenters. The average molecular weight is 601 g/mol. The van der Waals surface area contributed by atoms with Crippen molar-refractivity contribution in [3.63, 3.8) is 0 Å². The Bertz CT molecular complexity index is 1560. The summed E-state index contributed by atoms with van der Waals surface area (Å²) in [4.78, 5) is 25.4. The van der Waals surface area contributed by atoms with Gasteiger partial charge in [-0.2, -0.15) is 9.61 Å². The number of benzene rings is 1. The van der Waals surface area contributed by atoms with Crippen molar-refractivity contribution >= 4 is 50.5 Å². The fourth-order valence-corrected chi connectivity index (χ4v) is 6.94. The molecule has 6 rings (SSSR count). The number of hydrogen-bond donors (Lipinski definition) is 2. The number of fused-ring (bicyclic) bond motifs is 1. The number of piperazine rings is 1. The molecule has 220 valence electrons. The van der Waals surface area contributed by atoms with Crippen molar-refractivity contribution in [3.05, 3.63) is 46.6 Å². The van der Waals surface area contributed by atoms with Crippen molar-refractivity contribution in [3.8, 4) is 0 Å². The smallest absolute Gasteiger partial charge is 0.256 e. The lowest BCUT2D eigenvalue weighted by Crippen LogP contribution is -2.54. The molecule has 0 radical (unpaired) electrons. The number of carbonyl (C=O) groups is 1. The van der Waals surface area contributed by atoms with E-state index in [9.17, 15) is 13.2 Å². The first kappa shape index (κ1) is 28.0. The number of piperidine rings is 1. The summed E-state index contributed by atoms with van der Waals surface area (Å²) in [7, 11) is -3.59. The van der Waals surface area contributed by atoms with Gasteiger partial charge in [0, 0.05) is 62.0 Å². The maximum Gasteiger partial charge on any atom is 0.256 e. The quantitative estimate of drug-likeness (QED) is 0.442. The first-order valence-corrected chi connectivity index (χ1v) is 16.6. The van der Waals surface area contributed by atoms with Gasteiger partial charge in [0.1, 0.15) is 11.6 Å². The van der Waals surface area contributed by atoms with E-state index >= 15 is 0 Å². The number of sulfonamides is 1. The first-order chi connectivity index (χ1) is 19.6. The zero-order chi connectivity index (χ0) is 28.9. The number of carbonyl (C=O) groups excluding carboxylic acids is 1. The van der Waals surface area contributed by atoms with E-state index in [0.29, 0.717) is 23.7 Å².